The van der Waals surface area contributed by atoms with E-state index >= 15 is 0 Å². The van der Waals surface area contributed by atoms with Crippen LogP contribution in [0.3, 0.4) is 0 Å². The molecule has 9 nitrogen and oxygen atoms in total. The number of nitrogens with one attached hydrogen (secondary N) is 2. The number of rotatable bonds is 7. The fourth-order valence-corrected chi connectivity index (χ4v) is 3.13. The summed E-state index contributed by atoms with van der Waals surface area (Å²) in [5.41, 5.74) is 10.5. The van der Waals surface area contributed by atoms with E-state index in [1.165, 1.54) is 36.4 Å². The van der Waals surface area contributed by atoms with Gasteiger partial charge < -0.3 is 21.8 Å². The van der Waals surface area contributed by atoms with Gasteiger partial charge in [-0.3, -0.25) is 19.9 Å². The lowest BCUT2D eigenvalue weighted by Crippen LogP contribution is -2.28. The molecule has 1 amide bonds. The Morgan fingerprint density at radius 3 is 2.39 bits per heavy atom. The third kappa shape index (κ3) is 5.47. The zero-order valence-electron chi connectivity index (χ0n) is 17.0. The smallest absolute Gasteiger partial charge is 0.370 e. The summed E-state index contributed by atoms with van der Waals surface area (Å²) in [5, 5.41) is 14.1. The molecule has 0 bridgehead atoms. The molecular weight excluding hydrogens is 441 g/mol. The molecule has 172 valence electrons. The van der Waals surface area contributed by atoms with Crippen molar-refractivity contribution in [1.82, 2.24) is 10.3 Å². The van der Waals surface area contributed by atoms with E-state index in [0.717, 1.165) is 12.1 Å². The molecule has 0 spiro atoms. The molecule has 1 aromatic heterocycles. The third-order valence-corrected chi connectivity index (χ3v) is 4.65. The predicted octanol–water partition coefficient (Wildman–Crippen LogP) is 3.28. The van der Waals surface area contributed by atoms with Crippen LogP contribution in [0.25, 0.3) is 22.5 Å². The molecule has 0 aliphatic heterocycles. The van der Waals surface area contributed by atoms with Crippen LogP contribution in [0.5, 0.6) is 0 Å². The van der Waals surface area contributed by atoms with Gasteiger partial charge in [-0.1, -0.05) is 24.3 Å². The van der Waals surface area contributed by atoms with Crippen LogP contribution in [0.15, 0.2) is 59.6 Å². The number of alkyl halides is 3. The van der Waals surface area contributed by atoms with Gasteiger partial charge in [0.2, 0.25) is 0 Å². The van der Waals surface area contributed by atoms with Crippen LogP contribution in [-0.4, -0.2) is 34.9 Å². The highest BCUT2D eigenvalue weighted by Gasteiger charge is 2.30. The number of nitro groups is 1. The minimum Gasteiger partial charge on any atom is -0.370 e. The molecule has 0 saturated heterocycles. The Labute approximate surface area is 185 Å². The number of amides is 1. The molecule has 0 aliphatic carbocycles. The molecule has 1 heterocycles. The quantitative estimate of drug-likeness (QED) is 0.140. The maximum Gasteiger partial charge on any atom is 0.416 e. The number of nitro benzene ring substituents is 1. The number of H-pyrrole nitrogens is 1. The molecule has 2 aromatic carbocycles. The Balaban J connectivity index is 2.04. The predicted molar refractivity (Wildman–Crippen MR) is 116 cm³/mol. The van der Waals surface area contributed by atoms with Crippen molar-refractivity contribution in [3.8, 4) is 22.5 Å². The summed E-state index contributed by atoms with van der Waals surface area (Å²) >= 11 is 0. The van der Waals surface area contributed by atoms with Crippen LogP contribution in [0.4, 0.5) is 18.9 Å². The van der Waals surface area contributed by atoms with Crippen LogP contribution in [-0.2, 0) is 6.18 Å². The molecule has 0 radical (unpaired) electrons. The van der Waals surface area contributed by atoms with E-state index in [-0.39, 0.29) is 41.6 Å². The number of carbonyl (C=O) groups is 1. The van der Waals surface area contributed by atoms with Crippen molar-refractivity contribution in [1.29, 1.82) is 0 Å². The summed E-state index contributed by atoms with van der Waals surface area (Å²) in [6, 6.07) is 11.6. The van der Waals surface area contributed by atoms with Gasteiger partial charge in [-0.05, 0) is 29.8 Å². The summed E-state index contributed by atoms with van der Waals surface area (Å²) in [5.74, 6) is -0.709. The highest BCUT2D eigenvalue weighted by molar-refractivity contribution is 6.02. The number of carbonyl (C=O) groups excluding carboxylic acids is 1. The van der Waals surface area contributed by atoms with E-state index < -0.39 is 22.6 Å². The summed E-state index contributed by atoms with van der Waals surface area (Å²) < 4.78 is 38.7. The molecule has 0 unspecified atom stereocenters. The lowest BCUT2D eigenvalue weighted by molar-refractivity contribution is -0.384. The monoisotopic (exact) mass is 460 g/mol. The van der Waals surface area contributed by atoms with E-state index in [2.05, 4.69) is 15.3 Å². The van der Waals surface area contributed by atoms with Gasteiger partial charge in [-0.15, -0.1) is 0 Å². The Hall–Kier alpha value is -4.35. The molecular formula is C21H19F3N6O3. The fraction of sp³-hybridized carbons (Fsp3) is 0.143. The van der Waals surface area contributed by atoms with Crippen molar-refractivity contribution in [3.63, 3.8) is 0 Å². The minimum absolute atomic E-state index is 0.0731. The van der Waals surface area contributed by atoms with Crippen molar-refractivity contribution >= 4 is 17.6 Å². The molecule has 6 N–H and O–H groups in total. The molecule has 12 heteroatoms. The molecule has 0 aliphatic rings. The zero-order chi connectivity index (χ0) is 24.2. The summed E-state index contributed by atoms with van der Waals surface area (Å²) in [7, 11) is 0. The maximum absolute atomic E-state index is 12.9. The van der Waals surface area contributed by atoms with E-state index in [9.17, 15) is 28.1 Å². The lowest BCUT2D eigenvalue weighted by Gasteiger charge is -2.07. The van der Waals surface area contributed by atoms with Gasteiger partial charge in [0.05, 0.1) is 33.9 Å². The normalized spacial score (nSPS) is 11.1. The van der Waals surface area contributed by atoms with Crippen molar-refractivity contribution < 1.29 is 22.9 Å². The topological polar surface area (TPSA) is 152 Å². The first-order chi connectivity index (χ1) is 15.6. The maximum atomic E-state index is 12.9. The highest BCUT2D eigenvalue weighted by Crippen LogP contribution is 2.35. The number of nitrogens with zero attached hydrogens (tertiary/aromatic N) is 2. The van der Waals surface area contributed by atoms with Crippen LogP contribution in [0.2, 0.25) is 0 Å². The number of aromatic nitrogens is 1. The number of aliphatic imine (C=N–C) groups is 1. The van der Waals surface area contributed by atoms with Gasteiger partial charge in [0.1, 0.15) is 0 Å². The standard InChI is InChI=1S/C21H19F3N6O3/c22-21(23,24)13-7-5-12(6-8-13)16-11-15(19(31)27-9-10-28-20(25)26)18(29-16)14-3-1-2-4-17(14)30(32)33/h1-8,11,29H,9-10H2,(H,27,31)(H4,25,26,28). The average Bonchev–Trinajstić information content (AvgIpc) is 3.21. The fourth-order valence-electron chi connectivity index (χ4n) is 3.13. The van der Waals surface area contributed by atoms with E-state index in [1.54, 1.807) is 6.07 Å². The van der Waals surface area contributed by atoms with Gasteiger partial charge in [0, 0.05) is 18.3 Å². The Morgan fingerprint density at radius 2 is 1.79 bits per heavy atom. The molecule has 3 aromatic rings. The summed E-state index contributed by atoms with van der Waals surface area (Å²) in [6.07, 6.45) is -4.50. The zero-order valence-corrected chi connectivity index (χ0v) is 17.0. The number of hydrogen-bond acceptors (Lipinski definition) is 4. The van der Waals surface area contributed by atoms with Crippen molar-refractivity contribution in [2.45, 2.75) is 6.18 Å². The number of para-hydroxylation sites is 1. The minimum atomic E-state index is -4.50. The first-order valence-corrected chi connectivity index (χ1v) is 9.56. The molecule has 33 heavy (non-hydrogen) atoms. The second-order valence-corrected chi connectivity index (χ2v) is 6.88. The molecule has 0 fully saturated rings. The van der Waals surface area contributed by atoms with Crippen LogP contribution >= 0.6 is 0 Å². The van der Waals surface area contributed by atoms with Crippen molar-refractivity contribution in [2.75, 3.05) is 13.1 Å². The molecule has 3 rings (SSSR count). The second-order valence-electron chi connectivity index (χ2n) is 6.88. The SMILES string of the molecule is NC(N)=NCCNC(=O)c1cc(-c2ccc(C(F)(F)F)cc2)[nH]c1-c1ccccc1[N+](=O)[O-]. The first-order valence-electron chi connectivity index (χ1n) is 9.56. The number of hydrogen-bond donors (Lipinski definition) is 4. The average molecular weight is 460 g/mol. The van der Waals surface area contributed by atoms with Crippen molar-refractivity contribution in [2.24, 2.45) is 16.5 Å². The van der Waals surface area contributed by atoms with E-state index in [0.29, 0.717) is 11.3 Å². The summed E-state index contributed by atoms with van der Waals surface area (Å²) in [4.78, 5) is 30.5. The number of guanidine groups is 1. The van der Waals surface area contributed by atoms with Gasteiger partial charge in [0.25, 0.3) is 11.6 Å². The van der Waals surface area contributed by atoms with Gasteiger partial charge in [0.15, 0.2) is 5.96 Å². The number of aromatic amines is 1. The van der Waals surface area contributed by atoms with Gasteiger partial charge in [-0.25, -0.2) is 0 Å². The second kappa shape index (κ2) is 9.42. The van der Waals surface area contributed by atoms with Crippen LogP contribution < -0.4 is 16.8 Å². The van der Waals surface area contributed by atoms with E-state index in [1.807, 2.05) is 0 Å². The molecule has 0 saturated carbocycles. The Kier molecular flexibility index (Phi) is 6.66. The highest BCUT2D eigenvalue weighted by atomic mass is 19.4. The van der Waals surface area contributed by atoms with Crippen LogP contribution in [0, 0.1) is 10.1 Å². The Morgan fingerprint density at radius 1 is 1.12 bits per heavy atom. The van der Waals surface area contributed by atoms with Gasteiger partial charge in [-0.2, -0.15) is 13.2 Å². The Bertz CT molecular complexity index is 1200. The number of benzene rings is 2. The number of halogens is 3. The largest absolute Gasteiger partial charge is 0.416 e. The molecule has 0 atom stereocenters. The summed E-state index contributed by atoms with van der Waals surface area (Å²) in [6.45, 7) is 0.207. The lowest BCUT2D eigenvalue weighted by atomic mass is 10.0. The number of nitrogens with two attached hydrogens (primary N) is 2. The van der Waals surface area contributed by atoms with Gasteiger partial charge >= 0.3 is 6.18 Å². The third-order valence-electron chi connectivity index (χ3n) is 4.65. The first kappa shape index (κ1) is 23.3. The van der Waals surface area contributed by atoms with Crippen LogP contribution in [0.1, 0.15) is 15.9 Å². The van der Waals surface area contributed by atoms with E-state index in [4.69, 9.17) is 11.5 Å². The van der Waals surface area contributed by atoms with Crippen molar-refractivity contribution in [3.05, 3.63) is 75.8 Å².